The van der Waals surface area contributed by atoms with Gasteiger partial charge in [0.15, 0.2) is 0 Å². The molecule has 0 aromatic rings. The average Bonchev–Trinajstić information content (AvgIpc) is 2.81. The molecule has 1 fully saturated rings. The quantitative estimate of drug-likeness (QED) is 0.553. The van der Waals surface area contributed by atoms with Crippen molar-refractivity contribution in [3.63, 3.8) is 0 Å². The second-order valence-corrected chi connectivity index (χ2v) is 5.64. The maximum absolute atomic E-state index is 5.87. The molecule has 2 N–H and O–H groups in total. The molecular weight excluding hydrogens is 218 g/mol. The number of nitrogens with two attached hydrogens (primary N) is 1. The highest BCUT2D eigenvalue weighted by atomic mass is 32.2. The Kier molecular flexibility index (Phi) is 2.82. The fourth-order valence-corrected chi connectivity index (χ4v) is 3.58. The van der Waals surface area contributed by atoms with Crippen LogP contribution in [0.4, 0.5) is 0 Å². The Labute approximate surface area is 101 Å². The maximum atomic E-state index is 5.87. The first-order chi connectivity index (χ1) is 7.83. The van der Waals surface area contributed by atoms with Crippen LogP contribution in [-0.4, -0.2) is 36.1 Å². The molecule has 0 radical (unpaired) electrons. The van der Waals surface area contributed by atoms with Gasteiger partial charge in [-0.2, -0.15) is 0 Å². The number of thioether (sulfide) groups is 1. The van der Waals surface area contributed by atoms with Gasteiger partial charge in [-0.15, -0.1) is 0 Å². The van der Waals surface area contributed by atoms with Crippen LogP contribution < -0.4 is 5.84 Å². The molecule has 3 rings (SSSR count). The standard InChI is InChI=1S/C12H17N3S/c13-15-8-5-10-3-4-12(16-11(10)9-15)14-6-1-2-7-14/h3H,1-2,5-9,13H2. The highest BCUT2D eigenvalue weighted by molar-refractivity contribution is 8.06. The molecule has 0 aromatic heterocycles. The van der Waals surface area contributed by atoms with Gasteiger partial charge in [0.1, 0.15) is 5.03 Å². The topological polar surface area (TPSA) is 32.5 Å². The predicted octanol–water partition coefficient (Wildman–Crippen LogP) is 1.66. The summed E-state index contributed by atoms with van der Waals surface area (Å²) in [7, 11) is 0. The van der Waals surface area contributed by atoms with Gasteiger partial charge in [-0.05, 0) is 30.9 Å². The third-order valence-corrected chi connectivity index (χ3v) is 4.56. The van der Waals surface area contributed by atoms with E-state index >= 15 is 0 Å². The van der Waals surface area contributed by atoms with E-state index in [0.717, 1.165) is 19.5 Å². The highest BCUT2D eigenvalue weighted by Crippen LogP contribution is 2.37. The third kappa shape index (κ3) is 1.94. The number of nitrogens with zero attached hydrogens (tertiary/aromatic N) is 2. The van der Waals surface area contributed by atoms with Crippen LogP contribution in [0.1, 0.15) is 19.3 Å². The van der Waals surface area contributed by atoms with Crippen LogP contribution in [0.3, 0.4) is 0 Å². The summed E-state index contributed by atoms with van der Waals surface area (Å²) < 4.78 is 0. The summed E-state index contributed by atoms with van der Waals surface area (Å²) in [5, 5.41) is 3.21. The largest absolute Gasteiger partial charge is 0.360 e. The molecule has 0 saturated carbocycles. The van der Waals surface area contributed by atoms with E-state index in [4.69, 9.17) is 5.84 Å². The van der Waals surface area contributed by atoms with Crippen LogP contribution in [-0.2, 0) is 0 Å². The fraction of sp³-hybridized carbons (Fsp3) is 0.583. The molecule has 0 bridgehead atoms. The van der Waals surface area contributed by atoms with Gasteiger partial charge >= 0.3 is 0 Å². The summed E-state index contributed by atoms with van der Waals surface area (Å²) in [5.74, 6) is 5.87. The monoisotopic (exact) mass is 235 g/mol. The predicted molar refractivity (Wildman–Crippen MR) is 67.4 cm³/mol. The third-order valence-electron chi connectivity index (χ3n) is 3.36. The van der Waals surface area contributed by atoms with E-state index < -0.39 is 0 Å². The van der Waals surface area contributed by atoms with Gasteiger partial charge < -0.3 is 4.90 Å². The lowest BCUT2D eigenvalue weighted by molar-refractivity contribution is 0.304. The van der Waals surface area contributed by atoms with Gasteiger partial charge in [-0.3, -0.25) is 5.84 Å². The summed E-state index contributed by atoms with van der Waals surface area (Å²) in [6.45, 7) is 4.25. The van der Waals surface area contributed by atoms with Crippen LogP contribution in [0.15, 0.2) is 27.3 Å². The lowest BCUT2D eigenvalue weighted by atomic mass is 10.1. The maximum Gasteiger partial charge on any atom is 0.119 e. The molecule has 0 aliphatic carbocycles. The Bertz CT molecular complexity index is 387. The fourth-order valence-electron chi connectivity index (χ4n) is 2.39. The minimum absolute atomic E-state index is 0.898. The Balaban J connectivity index is 1.79. The summed E-state index contributed by atoms with van der Waals surface area (Å²) >= 11 is 1.87. The molecule has 3 nitrogen and oxygen atoms in total. The first-order valence-electron chi connectivity index (χ1n) is 5.94. The summed E-state index contributed by atoms with van der Waals surface area (Å²) in [4.78, 5) is 3.87. The van der Waals surface area contributed by atoms with Gasteiger partial charge in [0.05, 0.1) is 0 Å². The molecule has 3 aliphatic rings. The number of hydrogen-bond acceptors (Lipinski definition) is 4. The van der Waals surface area contributed by atoms with Gasteiger partial charge in [-0.1, -0.05) is 17.5 Å². The molecule has 86 valence electrons. The van der Waals surface area contributed by atoms with Crippen LogP contribution >= 0.6 is 11.8 Å². The van der Waals surface area contributed by atoms with Crippen molar-refractivity contribution >= 4 is 11.8 Å². The van der Waals surface area contributed by atoms with Crippen molar-refractivity contribution in [2.45, 2.75) is 19.3 Å². The minimum atomic E-state index is 0.898. The first-order valence-corrected chi connectivity index (χ1v) is 6.76. The number of allylic oxidation sites excluding steroid dienone is 1. The van der Waals surface area contributed by atoms with E-state index in [1.807, 2.05) is 16.8 Å². The lowest BCUT2D eigenvalue weighted by Gasteiger charge is -2.29. The molecular formula is C12H17N3S. The zero-order chi connectivity index (χ0) is 11.0. The van der Waals surface area contributed by atoms with Gasteiger partial charge in [0.25, 0.3) is 0 Å². The molecule has 3 aliphatic heterocycles. The normalized spacial score (nSPS) is 26.1. The molecule has 3 heterocycles. The van der Waals surface area contributed by atoms with Gasteiger partial charge in [-0.25, -0.2) is 5.01 Å². The van der Waals surface area contributed by atoms with Crippen LogP contribution in [0.25, 0.3) is 0 Å². The molecule has 0 aromatic carbocycles. The molecule has 0 amide bonds. The number of rotatable bonds is 1. The second kappa shape index (κ2) is 4.30. The van der Waals surface area contributed by atoms with Crippen molar-refractivity contribution in [2.24, 2.45) is 5.84 Å². The van der Waals surface area contributed by atoms with Gasteiger partial charge in [0.2, 0.25) is 0 Å². The molecule has 16 heavy (non-hydrogen) atoms. The smallest absolute Gasteiger partial charge is 0.119 e. The molecule has 4 heteroatoms. The van der Waals surface area contributed by atoms with E-state index in [-0.39, 0.29) is 0 Å². The highest BCUT2D eigenvalue weighted by Gasteiger charge is 2.23. The second-order valence-electron chi connectivity index (χ2n) is 4.56. The van der Waals surface area contributed by atoms with E-state index in [1.54, 1.807) is 0 Å². The molecule has 0 spiro atoms. The van der Waals surface area contributed by atoms with E-state index in [9.17, 15) is 0 Å². The number of hydrogen-bond donors (Lipinski definition) is 1. The molecule has 1 saturated heterocycles. The average molecular weight is 235 g/mol. The van der Waals surface area contributed by atoms with E-state index in [1.165, 1.54) is 41.4 Å². The van der Waals surface area contributed by atoms with Crippen molar-refractivity contribution in [3.8, 4) is 0 Å². The molecule has 0 atom stereocenters. The van der Waals surface area contributed by atoms with Crippen LogP contribution in [0, 0.1) is 0 Å². The minimum Gasteiger partial charge on any atom is -0.360 e. The Morgan fingerprint density at radius 3 is 2.88 bits per heavy atom. The van der Waals surface area contributed by atoms with E-state index in [2.05, 4.69) is 16.7 Å². The Morgan fingerprint density at radius 2 is 2.06 bits per heavy atom. The number of hydrazine groups is 1. The van der Waals surface area contributed by atoms with Crippen LogP contribution in [0.5, 0.6) is 0 Å². The van der Waals surface area contributed by atoms with Gasteiger partial charge in [0, 0.05) is 31.1 Å². The van der Waals surface area contributed by atoms with Crippen molar-refractivity contribution < 1.29 is 0 Å². The van der Waals surface area contributed by atoms with E-state index in [0.29, 0.717) is 0 Å². The molecule has 0 unspecified atom stereocenters. The summed E-state index contributed by atoms with van der Waals surface area (Å²) in [5.41, 5.74) is 4.88. The summed E-state index contributed by atoms with van der Waals surface area (Å²) in [6, 6.07) is 0. The summed E-state index contributed by atoms with van der Waals surface area (Å²) in [6.07, 6.45) is 5.88. The van der Waals surface area contributed by atoms with Crippen molar-refractivity contribution in [2.75, 3.05) is 26.2 Å². The zero-order valence-corrected chi connectivity index (χ0v) is 10.2. The Morgan fingerprint density at radius 1 is 1.25 bits per heavy atom. The lowest BCUT2D eigenvalue weighted by Crippen LogP contribution is -2.37. The first kappa shape index (κ1) is 10.5. The SMILES string of the molecule is NN1CCC2=C(C1)SC(N1CCCC1)=C=C2. The van der Waals surface area contributed by atoms with Crippen molar-refractivity contribution in [3.05, 3.63) is 27.3 Å². The van der Waals surface area contributed by atoms with Crippen LogP contribution in [0.2, 0.25) is 0 Å². The van der Waals surface area contributed by atoms with Crippen molar-refractivity contribution in [1.29, 1.82) is 0 Å². The Hall–Kier alpha value is -0.670. The zero-order valence-electron chi connectivity index (χ0n) is 9.41. The number of likely N-dealkylation sites (tertiary alicyclic amines) is 1. The van der Waals surface area contributed by atoms with Crippen molar-refractivity contribution in [1.82, 2.24) is 9.91 Å².